The molecule has 0 N–H and O–H groups in total. The second-order valence-corrected chi connectivity index (χ2v) is 3.38. The van der Waals surface area contributed by atoms with Gasteiger partial charge in [0.25, 0.3) is 0 Å². The van der Waals surface area contributed by atoms with Crippen LogP contribution >= 0.6 is 0 Å². The summed E-state index contributed by atoms with van der Waals surface area (Å²) in [6.07, 6.45) is -6.34. The Morgan fingerprint density at radius 3 is 1.78 bits per heavy atom. The molecule has 0 fully saturated rings. The first-order valence-corrected chi connectivity index (χ1v) is 4.58. The minimum atomic E-state index is -6.34. The molecule has 0 saturated heterocycles. The van der Waals surface area contributed by atoms with Crippen molar-refractivity contribution in [2.75, 3.05) is 6.61 Å². The summed E-state index contributed by atoms with van der Waals surface area (Å²) in [7, 11) is 0. The van der Waals surface area contributed by atoms with Crippen LogP contribution in [-0.4, -0.2) is 24.6 Å². The Morgan fingerprint density at radius 1 is 0.833 bits per heavy atom. The van der Waals surface area contributed by atoms with Gasteiger partial charge in [-0.15, -0.1) is 0 Å². The minimum Gasteiger partial charge on any atom is -0.487 e. The zero-order valence-corrected chi connectivity index (χ0v) is 8.65. The first-order chi connectivity index (χ1) is 8.08. The summed E-state index contributed by atoms with van der Waals surface area (Å²) in [5.41, 5.74) is 0. The smallest absolute Gasteiger partial charge is 0.460 e. The van der Waals surface area contributed by atoms with E-state index in [-0.39, 0.29) is 5.75 Å². The minimum absolute atomic E-state index is 0.227. The number of alkyl halides is 7. The van der Waals surface area contributed by atoms with Gasteiger partial charge in [-0.2, -0.15) is 30.7 Å². The van der Waals surface area contributed by atoms with Crippen molar-refractivity contribution in [1.29, 1.82) is 0 Å². The summed E-state index contributed by atoms with van der Waals surface area (Å²) in [5, 5.41) is 0. The Hall–Kier alpha value is -1.47. The zero-order chi connectivity index (χ0) is 14.0. The summed E-state index contributed by atoms with van der Waals surface area (Å²) >= 11 is 0. The normalized spacial score (nSPS) is 13.5. The van der Waals surface area contributed by atoms with E-state index in [4.69, 9.17) is 0 Å². The van der Waals surface area contributed by atoms with Crippen LogP contribution in [0.2, 0.25) is 0 Å². The molecule has 8 heteroatoms. The van der Waals surface area contributed by atoms with Crippen molar-refractivity contribution in [1.82, 2.24) is 0 Å². The number of benzene rings is 1. The summed E-state index contributed by atoms with van der Waals surface area (Å²) in [6, 6.07) is 6.52. The maximum Gasteiger partial charge on any atom is 0.460 e. The highest BCUT2D eigenvalue weighted by Crippen LogP contribution is 2.46. The maximum absolute atomic E-state index is 12.8. The molecule has 0 saturated carbocycles. The number of ether oxygens (including phenoxy) is 1. The summed E-state index contributed by atoms with van der Waals surface area (Å²) in [6.45, 7) is -2.07. The van der Waals surface area contributed by atoms with Crippen molar-refractivity contribution in [3.05, 3.63) is 30.3 Å². The molecular weight excluding hydrogens is 269 g/mol. The van der Waals surface area contributed by atoms with E-state index < -0.39 is 24.6 Å². The van der Waals surface area contributed by atoms with Gasteiger partial charge in [0.2, 0.25) is 0 Å². The maximum atomic E-state index is 12.8. The summed E-state index contributed by atoms with van der Waals surface area (Å²) in [4.78, 5) is 0. The molecule has 0 aliphatic heterocycles. The lowest BCUT2D eigenvalue weighted by molar-refractivity contribution is -0.358. The number of hydrogen-bond donors (Lipinski definition) is 0. The van der Waals surface area contributed by atoms with Crippen molar-refractivity contribution in [2.24, 2.45) is 0 Å². The Bertz CT molecular complexity index is 385. The topological polar surface area (TPSA) is 9.23 Å². The SMILES string of the molecule is FC(F)(F)C(F)(F)C(F)(F)COc1ccccc1. The van der Waals surface area contributed by atoms with Gasteiger partial charge in [0.15, 0.2) is 6.61 Å². The van der Waals surface area contributed by atoms with Crippen LogP contribution in [0.4, 0.5) is 30.7 Å². The Labute approximate surface area is 97.2 Å². The average Bonchev–Trinajstić information content (AvgIpc) is 2.26. The fraction of sp³-hybridized carbons (Fsp3) is 0.400. The van der Waals surface area contributed by atoms with Crippen LogP contribution in [0.25, 0.3) is 0 Å². The van der Waals surface area contributed by atoms with E-state index in [1.165, 1.54) is 18.2 Å². The molecule has 1 aromatic rings. The molecule has 0 aliphatic rings. The van der Waals surface area contributed by atoms with Crippen LogP contribution < -0.4 is 4.74 Å². The first kappa shape index (κ1) is 14.6. The standard InChI is InChI=1S/C10H7F7O/c11-8(12,9(13,14)10(15,16)17)6-18-7-4-2-1-3-5-7/h1-5H,6H2. The monoisotopic (exact) mass is 276 g/mol. The van der Waals surface area contributed by atoms with Gasteiger partial charge in [0, 0.05) is 0 Å². The number of para-hydroxylation sites is 1. The number of halogens is 7. The molecule has 1 rings (SSSR count). The van der Waals surface area contributed by atoms with Crippen molar-refractivity contribution in [3.63, 3.8) is 0 Å². The van der Waals surface area contributed by atoms with Crippen molar-refractivity contribution in [3.8, 4) is 5.75 Å². The lowest BCUT2D eigenvalue weighted by Crippen LogP contribution is -2.54. The van der Waals surface area contributed by atoms with Crippen molar-refractivity contribution < 1.29 is 35.5 Å². The van der Waals surface area contributed by atoms with Gasteiger partial charge >= 0.3 is 18.0 Å². The molecule has 1 nitrogen and oxygen atoms in total. The van der Waals surface area contributed by atoms with Gasteiger partial charge in [0.1, 0.15) is 5.75 Å². The molecule has 0 aromatic heterocycles. The second-order valence-electron chi connectivity index (χ2n) is 3.38. The fourth-order valence-corrected chi connectivity index (χ4v) is 0.989. The van der Waals surface area contributed by atoms with E-state index in [0.29, 0.717) is 0 Å². The third-order valence-electron chi connectivity index (χ3n) is 1.98. The highest BCUT2D eigenvalue weighted by molar-refractivity contribution is 5.21. The van der Waals surface area contributed by atoms with E-state index >= 15 is 0 Å². The Kier molecular flexibility index (Phi) is 3.78. The molecule has 0 bridgehead atoms. The Morgan fingerprint density at radius 2 is 1.33 bits per heavy atom. The molecule has 0 spiro atoms. The predicted octanol–water partition coefficient (Wildman–Crippen LogP) is 3.90. The Balaban J connectivity index is 2.77. The largest absolute Gasteiger partial charge is 0.487 e. The predicted molar refractivity (Wildman–Crippen MR) is 47.9 cm³/mol. The van der Waals surface area contributed by atoms with Crippen LogP contribution in [0, 0.1) is 0 Å². The van der Waals surface area contributed by atoms with Gasteiger partial charge in [0.05, 0.1) is 0 Å². The van der Waals surface area contributed by atoms with E-state index in [9.17, 15) is 30.7 Å². The zero-order valence-electron chi connectivity index (χ0n) is 8.65. The molecule has 0 unspecified atom stereocenters. The molecule has 0 heterocycles. The van der Waals surface area contributed by atoms with Gasteiger partial charge in [-0.3, -0.25) is 0 Å². The quantitative estimate of drug-likeness (QED) is 0.758. The fourth-order valence-electron chi connectivity index (χ4n) is 0.989. The first-order valence-electron chi connectivity index (χ1n) is 4.58. The van der Waals surface area contributed by atoms with Crippen molar-refractivity contribution in [2.45, 2.75) is 18.0 Å². The molecule has 1 aromatic carbocycles. The third-order valence-corrected chi connectivity index (χ3v) is 1.98. The van der Waals surface area contributed by atoms with Gasteiger partial charge in [-0.05, 0) is 12.1 Å². The van der Waals surface area contributed by atoms with Crippen LogP contribution in [-0.2, 0) is 0 Å². The van der Waals surface area contributed by atoms with Gasteiger partial charge < -0.3 is 4.74 Å². The molecular formula is C10H7F7O. The summed E-state index contributed by atoms with van der Waals surface area (Å²) < 4.78 is 90.0. The lowest BCUT2D eigenvalue weighted by atomic mass is 10.2. The third kappa shape index (κ3) is 2.85. The van der Waals surface area contributed by atoms with E-state index in [0.717, 1.165) is 12.1 Å². The molecule has 0 amide bonds. The summed E-state index contributed by atoms with van der Waals surface area (Å²) in [5.74, 6) is -11.7. The van der Waals surface area contributed by atoms with E-state index in [1.54, 1.807) is 0 Å². The van der Waals surface area contributed by atoms with Crippen LogP contribution in [0.3, 0.4) is 0 Å². The van der Waals surface area contributed by atoms with Crippen molar-refractivity contribution >= 4 is 0 Å². The molecule has 0 atom stereocenters. The highest BCUT2D eigenvalue weighted by atomic mass is 19.4. The molecule has 0 aliphatic carbocycles. The van der Waals surface area contributed by atoms with Crippen LogP contribution in [0.5, 0.6) is 5.75 Å². The van der Waals surface area contributed by atoms with E-state index in [2.05, 4.69) is 4.74 Å². The number of hydrogen-bond acceptors (Lipinski definition) is 1. The van der Waals surface area contributed by atoms with Gasteiger partial charge in [-0.1, -0.05) is 18.2 Å². The molecule has 0 radical (unpaired) electrons. The van der Waals surface area contributed by atoms with Gasteiger partial charge in [-0.25, -0.2) is 0 Å². The van der Waals surface area contributed by atoms with Crippen LogP contribution in [0.1, 0.15) is 0 Å². The number of rotatable bonds is 4. The lowest BCUT2D eigenvalue weighted by Gasteiger charge is -2.27. The highest BCUT2D eigenvalue weighted by Gasteiger charge is 2.73. The second kappa shape index (κ2) is 4.66. The average molecular weight is 276 g/mol. The molecule has 18 heavy (non-hydrogen) atoms. The van der Waals surface area contributed by atoms with Crippen LogP contribution in [0.15, 0.2) is 30.3 Å². The molecule has 102 valence electrons. The van der Waals surface area contributed by atoms with E-state index in [1.807, 2.05) is 0 Å².